The van der Waals surface area contributed by atoms with Crippen molar-refractivity contribution < 1.29 is 14.0 Å². The van der Waals surface area contributed by atoms with Gasteiger partial charge in [0.25, 0.3) is 5.91 Å². The molecule has 0 spiro atoms. The van der Waals surface area contributed by atoms with Gasteiger partial charge in [-0.2, -0.15) is 0 Å². The molecule has 1 N–H and O–H groups in total. The van der Waals surface area contributed by atoms with Gasteiger partial charge in [0.1, 0.15) is 0 Å². The minimum Gasteiger partial charge on any atom is -0.408 e. The van der Waals surface area contributed by atoms with Crippen LogP contribution in [0.2, 0.25) is 0 Å². The van der Waals surface area contributed by atoms with Crippen molar-refractivity contribution in [2.75, 3.05) is 13.1 Å². The molecule has 0 aliphatic carbocycles. The van der Waals surface area contributed by atoms with Gasteiger partial charge in [-0.05, 0) is 68.1 Å². The van der Waals surface area contributed by atoms with E-state index in [1.807, 2.05) is 36.9 Å². The van der Waals surface area contributed by atoms with Gasteiger partial charge in [-0.25, -0.2) is 4.79 Å². The molecule has 1 saturated heterocycles. The topological polar surface area (TPSA) is 83.4 Å². The molecule has 1 fully saturated rings. The summed E-state index contributed by atoms with van der Waals surface area (Å²) in [6.07, 6.45) is 1.26. The number of carbonyl (C=O) groups excluding carboxylic acids is 2. The highest BCUT2D eigenvalue weighted by Crippen LogP contribution is 2.25. The predicted molar refractivity (Wildman–Crippen MR) is 106 cm³/mol. The minimum atomic E-state index is -0.530. The van der Waals surface area contributed by atoms with Crippen molar-refractivity contribution in [2.24, 2.45) is 5.92 Å². The van der Waals surface area contributed by atoms with Crippen molar-refractivity contribution in [1.82, 2.24) is 9.88 Å². The van der Waals surface area contributed by atoms with Crippen LogP contribution >= 0.6 is 0 Å². The number of fused-ring (bicyclic) bond motifs is 1. The molecule has 28 heavy (non-hydrogen) atoms. The molecule has 0 bridgehead atoms. The lowest BCUT2D eigenvalue weighted by molar-refractivity contribution is 0.0650. The highest BCUT2D eigenvalue weighted by atomic mass is 16.4. The highest BCUT2D eigenvalue weighted by Gasteiger charge is 2.28. The third-order valence-electron chi connectivity index (χ3n) is 5.61. The van der Waals surface area contributed by atoms with E-state index in [4.69, 9.17) is 4.42 Å². The van der Waals surface area contributed by atoms with Gasteiger partial charge in [0.15, 0.2) is 11.4 Å². The SMILES string of the molecule is Cc1ccc(C(=O)N2CCC(C(=O)c3ccc4[nH]c(=O)oc4c3)CC2)cc1C. The molecule has 0 radical (unpaired) electrons. The number of aryl methyl sites for hydroxylation is 2. The van der Waals surface area contributed by atoms with Crippen molar-refractivity contribution in [3.05, 3.63) is 69.2 Å². The normalized spacial score (nSPS) is 15.1. The van der Waals surface area contributed by atoms with Crippen LogP contribution in [0.25, 0.3) is 11.1 Å². The zero-order valence-corrected chi connectivity index (χ0v) is 16.0. The number of aromatic amines is 1. The molecule has 4 rings (SSSR count). The van der Waals surface area contributed by atoms with Crippen molar-refractivity contribution in [3.8, 4) is 0 Å². The minimum absolute atomic E-state index is 0.0181. The first kappa shape index (κ1) is 18.2. The summed E-state index contributed by atoms with van der Waals surface area (Å²) in [6, 6.07) is 10.8. The second kappa shape index (κ2) is 7.11. The van der Waals surface area contributed by atoms with Crippen LogP contribution in [0.5, 0.6) is 0 Å². The van der Waals surface area contributed by atoms with Crippen LogP contribution in [0.4, 0.5) is 0 Å². The van der Waals surface area contributed by atoms with E-state index in [-0.39, 0.29) is 17.6 Å². The molecule has 1 aliphatic rings. The maximum absolute atomic E-state index is 12.8. The van der Waals surface area contributed by atoms with Crippen molar-refractivity contribution in [3.63, 3.8) is 0 Å². The van der Waals surface area contributed by atoms with Gasteiger partial charge in [0.05, 0.1) is 5.52 Å². The largest absolute Gasteiger partial charge is 0.417 e. The fraction of sp³-hybridized carbons (Fsp3) is 0.318. The molecule has 1 amide bonds. The zero-order valence-electron chi connectivity index (χ0n) is 16.0. The van der Waals surface area contributed by atoms with Crippen LogP contribution in [0.1, 0.15) is 44.7 Å². The summed E-state index contributed by atoms with van der Waals surface area (Å²) in [5, 5.41) is 0. The fourth-order valence-electron chi connectivity index (χ4n) is 3.74. The molecule has 0 unspecified atom stereocenters. The number of carbonyl (C=O) groups is 2. The van der Waals surface area contributed by atoms with Crippen molar-refractivity contribution in [2.45, 2.75) is 26.7 Å². The summed E-state index contributed by atoms with van der Waals surface area (Å²) >= 11 is 0. The third kappa shape index (κ3) is 3.38. The van der Waals surface area contributed by atoms with Crippen LogP contribution < -0.4 is 5.76 Å². The molecule has 0 saturated carbocycles. The first-order valence-electron chi connectivity index (χ1n) is 9.46. The molecule has 1 aromatic heterocycles. The Hall–Kier alpha value is -3.15. The molecular formula is C22H22N2O4. The summed E-state index contributed by atoms with van der Waals surface area (Å²) in [6.45, 7) is 5.14. The van der Waals surface area contributed by atoms with E-state index < -0.39 is 5.76 Å². The molecule has 144 valence electrons. The van der Waals surface area contributed by atoms with Gasteiger partial charge < -0.3 is 9.32 Å². The molecule has 3 aromatic rings. The fourth-order valence-corrected chi connectivity index (χ4v) is 3.74. The summed E-state index contributed by atoms with van der Waals surface area (Å²) in [5.41, 5.74) is 4.46. The Labute approximate surface area is 162 Å². The molecule has 1 aliphatic heterocycles. The number of amides is 1. The molecule has 0 atom stereocenters. The molecular weight excluding hydrogens is 356 g/mol. The number of Topliss-reactive ketones (excluding diaryl/α,β-unsaturated/α-hetero) is 1. The number of likely N-dealkylation sites (tertiary alicyclic amines) is 1. The number of hydrogen-bond donors (Lipinski definition) is 1. The average Bonchev–Trinajstić information content (AvgIpc) is 3.08. The standard InChI is InChI=1S/C22H22N2O4/c1-13-3-4-17(11-14(13)2)21(26)24-9-7-15(8-10-24)20(25)16-5-6-18-19(12-16)28-22(27)23-18/h3-6,11-12,15H,7-10H2,1-2H3,(H,23,27). The van der Waals surface area contributed by atoms with Gasteiger partial charge in [0.2, 0.25) is 0 Å². The maximum atomic E-state index is 12.8. The lowest BCUT2D eigenvalue weighted by Gasteiger charge is -2.31. The Bertz CT molecular complexity index is 1120. The van der Waals surface area contributed by atoms with Gasteiger partial charge in [-0.15, -0.1) is 0 Å². The summed E-state index contributed by atoms with van der Waals surface area (Å²) in [5.74, 6) is -0.613. The summed E-state index contributed by atoms with van der Waals surface area (Å²) in [7, 11) is 0. The number of nitrogens with one attached hydrogen (secondary N) is 1. The Morgan fingerprint density at radius 1 is 1.00 bits per heavy atom. The van der Waals surface area contributed by atoms with Crippen LogP contribution in [-0.4, -0.2) is 34.7 Å². The Morgan fingerprint density at radius 3 is 2.43 bits per heavy atom. The number of ketones is 1. The van der Waals surface area contributed by atoms with E-state index in [0.717, 1.165) is 11.1 Å². The van der Waals surface area contributed by atoms with E-state index in [1.54, 1.807) is 18.2 Å². The Kier molecular flexibility index (Phi) is 4.63. The number of nitrogens with zero attached hydrogens (tertiary/aromatic N) is 1. The summed E-state index contributed by atoms with van der Waals surface area (Å²) in [4.78, 5) is 41.3. The number of hydrogen-bond acceptors (Lipinski definition) is 4. The smallest absolute Gasteiger partial charge is 0.408 e. The second-order valence-corrected chi connectivity index (χ2v) is 7.46. The van der Waals surface area contributed by atoms with E-state index >= 15 is 0 Å². The van der Waals surface area contributed by atoms with E-state index in [0.29, 0.717) is 48.2 Å². The first-order chi connectivity index (χ1) is 13.4. The number of rotatable bonds is 3. The molecule has 6 heteroatoms. The lowest BCUT2D eigenvalue weighted by Crippen LogP contribution is -2.40. The number of oxazole rings is 1. The van der Waals surface area contributed by atoms with E-state index in [1.165, 1.54) is 0 Å². The molecule has 2 aromatic carbocycles. The average molecular weight is 378 g/mol. The van der Waals surface area contributed by atoms with Gasteiger partial charge in [-0.1, -0.05) is 6.07 Å². The van der Waals surface area contributed by atoms with Crippen LogP contribution in [0.15, 0.2) is 45.6 Å². The lowest BCUT2D eigenvalue weighted by atomic mass is 9.88. The second-order valence-electron chi connectivity index (χ2n) is 7.46. The molecule has 6 nitrogen and oxygen atoms in total. The zero-order chi connectivity index (χ0) is 19.8. The van der Waals surface area contributed by atoms with Gasteiger partial charge >= 0.3 is 5.76 Å². The summed E-state index contributed by atoms with van der Waals surface area (Å²) < 4.78 is 5.05. The van der Waals surface area contributed by atoms with Crippen LogP contribution in [-0.2, 0) is 0 Å². The third-order valence-corrected chi connectivity index (χ3v) is 5.61. The monoisotopic (exact) mass is 378 g/mol. The van der Waals surface area contributed by atoms with Crippen molar-refractivity contribution in [1.29, 1.82) is 0 Å². The number of aromatic nitrogens is 1. The van der Waals surface area contributed by atoms with Crippen LogP contribution in [0, 0.1) is 19.8 Å². The van der Waals surface area contributed by atoms with Gasteiger partial charge in [0, 0.05) is 30.1 Å². The number of benzene rings is 2. The Morgan fingerprint density at radius 2 is 1.71 bits per heavy atom. The van der Waals surface area contributed by atoms with Crippen LogP contribution in [0.3, 0.4) is 0 Å². The van der Waals surface area contributed by atoms with E-state index in [9.17, 15) is 14.4 Å². The Balaban J connectivity index is 1.43. The first-order valence-corrected chi connectivity index (χ1v) is 9.46. The van der Waals surface area contributed by atoms with E-state index in [2.05, 4.69) is 4.98 Å². The quantitative estimate of drug-likeness (QED) is 0.708. The maximum Gasteiger partial charge on any atom is 0.417 e. The van der Waals surface area contributed by atoms with Gasteiger partial charge in [-0.3, -0.25) is 14.6 Å². The molecule has 2 heterocycles. The van der Waals surface area contributed by atoms with Crippen molar-refractivity contribution >= 4 is 22.8 Å². The highest BCUT2D eigenvalue weighted by molar-refractivity contribution is 6.00. The predicted octanol–water partition coefficient (Wildman–Crippen LogP) is 3.47. The number of piperidine rings is 1. The number of H-pyrrole nitrogens is 1.